The molecule has 24 heavy (non-hydrogen) atoms. The minimum Gasteiger partial charge on any atom is -0.334 e. The molecule has 1 aromatic heterocycles. The Labute approximate surface area is 137 Å². The minimum atomic E-state index is -0.527. The van der Waals surface area contributed by atoms with Gasteiger partial charge in [-0.05, 0) is 24.3 Å². The van der Waals surface area contributed by atoms with E-state index < -0.39 is 4.92 Å². The molecule has 120 valence electrons. The molecule has 3 rings (SSSR count). The number of hydrazine groups is 1. The van der Waals surface area contributed by atoms with Crippen molar-refractivity contribution in [2.75, 3.05) is 16.2 Å². The molecule has 0 fully saturated rings. The van der Waals surface area contributed by atoms with Gasteiger partial charge in [0.05, 0.1) is 10.6 Å². The first-order valence-electron chi connectivity index (χ1n) is 7.12. The molecule has 3 N–H and O–H groups in total. The third kappa shape index (κ3) is 3.55. The Kier molecular flexibility index (Phi) is 4.47. The Morgan fingerprint density at radius 1 is 0.792 bits per heavy atom. The van der Waals surface area contributed by atoms with E-state index in [0.29, 0.717) is 5.69 Å². The highest BCUT2D eigenvalue weighted by molar-refractivity contribution is 5.74. The third-order valence-electron chi connectivity index (χ3n) is 3.14. The number of nitrogens with zero attached hydrogens (tertiary/aromatic N) is 3. The first-order valence-corrected chi connectivity index (χ1v) is 7.12. The van der Waals surface area contributed by atoms with Gasteiger partial charge >= 0.3 is 5.69 Å². The van der Waals surface area contributed by atoms with Crippen LogP contribution in [0.4, 0.5) is 28.7 Å². The van der Waals surface area contributed by atoms with Gasteiger partial charge in [-0.25, -0.2) is 9.97 Å². The average molecular weight is 322 g/mol. The molecule has 0 amide bonds. The van der Waals surface area contributed by atoms with Crippen LogP contribution in [-0.4, -0.2) is 14.9 Å². The van der Waals surface area contributed by atoms with Crippen molar-refractivity contribution in [3.63, 3.8) is 0 Å². The Balaban J connectivity index is 1.86. The zero-order valence-corrected chi connectivity index (χ0v) is 12.5. The van der Waals surface area contributed by atoms with E-state index in [1.807, 2.05) is 48.5 Å². The number of benzene rings is 2. The van der Waals surface area contributed by atoms with Crippen LogP contribution in [0.3, 0.4) is 0 Å². The summed E-state index contributed by atoms with van der Waals surface area (Å²) in [5.41, 5.74) is 6.83. The standard InChI is InChI=1S/C16H14N6O2/c23-22(24)14-15(19-12-7-3-1-4-8-12)17-11-18-16(14)21-20-13-9-5-2-6-10-13/h1-11,20H,(H2,17,18,19,21). The van der Waals surface area contributed by atoms with Gasteiger partial charge in [-0.1, -0.05) is 36.4 Å². The van der Waals surface area contributed by atoms with Gasteiger partial charge < -0.3 is 5.32 Å². The lowest BCUT2D eigenvalue weighted by Crippen LogP contribution is -2.13. The van der Waals surface area contributed by atoms with E-state index in [2.05, 4.69) is 26.1 Å². The number of nitro groups is 1. The number of aromatic nitrogens is 2. The van der Waals surface area contributed by atoms with Gasteiger partial charge in [0.15, 0.2) is 0 Å². The molecule has 0 aliphatic carbocycles. The molecule has 0 saturated carbocycles. The SMILES string of the molecule is O=[N+]([O-])c1c(NNc2ccccc2)ncnc1Nc1ccccc1. The number of anilines is 4. The molecular formula is C16H14N6O2. The minimum absolute atomic E-state index is 0.0669. The van der Waals surface area contributed by atoms with Crippen molar-refractivity contribution in [3.05, 3.63) is 77.1 Å². The van der Waals surface area contributed by atoms with E-state index in [0.717, 1.165) is 5.69 Å². The van der Waals surface area contributed by atoms with Crippen LogP contribution >= 0.6 is 0 Å². The van der Waals surface area contributed by atoms with Crippen LogP contribution in [0, 0.1) is 10.1 Å². The van der Waals surface area contributed by atoms with Crippen molar-refractivity contribution in [1.29, 1.82) is 0 Å². The quantitative estimate of drug-likeness (QED) is 0.470. The number of para-hydroxylation sites is 2. The molecule has 2 aromatic carbocycles. The maximum Gasteiger partial charge on any atom is 0.355 e. The summed E-state index contributed by atoms with van der Waals surface area (Å²) in [7, 11) is 0. The molecule has 8 nitrogen and oxygen atoms in total. The van der Waals surface area contributed by atoms with Gasteiger partial charge in [0, 0.05) is 5.69 Å². The summed E-state index contributed by atoms with van der Waals surface area (Å²) in [4.78, 5) is 18.9. The lowest BCUT2D eigenvalue weighted by Gasteiger charge is -2.11. The Morgan fingerprint density at radius 3 is 2.00 bits per heavy atom. The van der Waals surface area contributed by atoms with Crippen LogP contribution in [0.15, 0.2) is 67.0 Å². The van der Waals surface area contributed by atoms with Gasteiger partial charge in [0.2, 0.25) is 11.6 Å². The van der Waals surface area contributed by atoms with Crippen molar-refractivity contribution < 1.29 is 4.92 Å². The molecular weight excluding hydrogens is 308 g/mol. The van der Waals surface area contributed by atoms with Gasteiger partial charge in [0.1, 0.15) is 6.33 Å². The lowest BCUT2D eigenvalue weighted by molar-refractivity contribution is -0.383. The summed E-state index contributed by atoms with van der Waals surface area (Å²) in [6.45, 7) is 0. The highest BCUT2D eigenvalue weighted by Gasteiger charge is 2.23. The van der Waals surface area contributed by atoms with Gasteiger partial charge in [-0.2, -0.15) is 0 Å². The predicted molar refractivity (Wildman–Crippen MR) is 92.1 cm³/mol. The normalized spacial score (nSPS) is 10.0. The summed E-state index contributed by atoms with van der Waals surface area (Å²) in [5.74, 6) is 0.177. The predicted octanol–water partition coefficient (Wildman–Crippen LogP) is 3.57. The fourth-order valence-electron chi connectivity index (χ4n) is 2.05. The van der Waals surface area contributed by atoms with Crippen molar-refractivity contribution >= 4 is 28.7 Å². The Bertz CT molecular complexity index is 826. The largest absolute Gasteiger partial charge is 0.355 e. The maximum absolute atomic E-state index is 11.5. The molecule has 8 heteroatoms. The highest BCUT2D eigenvalue weighted by Crippen LogP contribution is 2.30. The zero-order chi connectivity index (χ0) is 16.8. The first kappa shape index (κ1) is 15.2. The van der Waals surface area contributed by atoms with Crippen LogP contribution in [0.1, 0.15) is 0 Å². The summed E-state index contributed by atoms with van der Waals surface area (Å²) in [6, 6.07) is 18.3. The topological polar surface area (TPSA) is 105 Å². The fourth-order valence-corrected chi connectivity index (χ4v) is 2.05. The van der Waals surface area contributed by atoms with Crippen molar-refractivity contribution in [3.8, 4) is 0 Å². The molecule has 0 aliphatic rings. The van der Waals surface area contributed by atoms with E-state index in [1.54, 1.807) is 12.1 Å². The first-order chi connectivity index (χ1) is 11.7. The number of hydrogen-bond acceptors (Lipinski definition) is 7. The van der Waals surface area contributed by atoms with Crippen molar-refractivity contribution in [1.82, 2.24) is 9.97 Å². The van der Waals surface area contributed by atoms with Crippen molar-refractivity contribution in [2.45, 2.75) is 0 Å². The zero-order valence-electron chi connectivity index (χ0n) is 12.5. The smallest absolute Gasteiger partial charge is 0.334 e. The molecule has 0 radical (unpaired) electrons. The number of rotatable bonds is 6. The fraction of sp³-hybridized carbons (Fsp3) is 0. The summed E-state index contributed by atoms with van der Waals surface area (Å²) < 4.78 is 0. The van der Waals surface area contributed by atoms with Crippen LogP contribution in [-0.2, 0) is 0 Å². The molecule has 0 bridgehead atoms. The molecule has 3 aromatic rings. The van der Waals surface area contributed by atoms with Crippen LogP contribution < -0.4 is 16.2 Å². The van der Waals surface area contributed by atoms with E-state index in [9.17, 15) is 10.1 Å². The van der Waals surface area contributed by atoms with Gasteiger partial charge in [0.25, 0.3) is 0 Å². The lowest BCUT2D eigenvalue weighted by atomic mass is 10.3. The van der Waals surface area contributed by atoms with E-state index >= 15 is 0 Å². The molecule has 1 heterocycles. The van der Waals surface area contributed by atoms with Crippen LogP contribution in [0.2, 0.25) is 0 Å². The third-order valence-corrected chi connectivity index (χ3v) is 3.14. The summed E-state index contributed by atoms with van der Waals surface area (Å²) in [6.07, 6.45) is 1.26. The molecule has 0 saturated heterocycles. The second kappa shape index (κ2) is 7.05. The average Bonchev–Trinajstić information content (AvgIpc) is 2.61. The van der Waals surface area contributed by atoms with Crippen molar-refractivity contribution in [2.24, 2.45) is 0 Å². The summed E-state index contributed by atoms with van der Waals surface area (Å²) in [5, 5.41) is 14.4. The van der Waals surface area contributed by atoms with Crippen LogP contribution in [0.5, 0.6) is 0 Å². The van der Waals surface area contributed by atoms with E-state index in [-0.39, 0.29) is 17.3 Å². The molecule has 0 unspecified atom stereocenters. The second-order valence-corrected chi connectivity index (χ2v) is 4.78. The number of hydrogen-bond donors (Lipinski definition) is 3. The van der Waals surface area contributed by atoms with Crippen LogP contribution in [0.25, 0.3) is 0 Å². The maximum atomic E-state index is 11.5. The number of nitrogens with one attached hydrogen (secondary N) is 3. The monoisotopic (exact) mass is 322 g/mol. The summed E-state index contributed by atoms with van der Waals surface area (Å²) >= 11 is 0. The van der Waals surface area contributed by atoms with Gasteiger partial charge in [-0.15, -0.1) is 0 Å². The Hall–Kier alpha value is -3.68. The van der Waals surface area contributed by atoms with E-state index in [4.69, 9.17) is 0 Å². The van der Waals surface area contributed by atoms with E-state index in [1.165, 1.54) is 6.33 Å². The molecule has 0 atom stereocenters. The Morgan fingerprint density at radius 2 is 1.38 bits per heavy atom. The second-order valence-electron chi connectivity index (χ2n) is 4.78. The van der Waals surface area contributed by atoms with Gasteiger partial charge in [-0.3, -0.25) is 21.0 Å². The molecule has 0 aliphatic heterocycles. The highest BCUT2D eigenvalue weighted by atomic mass is 16.6. The molecule has 0 spiro atoms.